The fraction of sp³-hybridized carbons (Fsp3) is 0.250. The summed E-state index contributed by atoms with van der Waals surface area (Å²) in [7, 11) is 1.38. The maximum Gasteiger partial charge on any atom is 0.322 e. The third kappa shape index (κ3) is 3.20. The van der Waals surface area contributed by atoms with Crippen molar-refractivity contribution in [3.63, 3.8) is 0 Å². The van der Waals surface area contributed by atoms with Gasteiger partial charge in [-0.05, 0) is 53.9 Å². The normalized spacial score (nSPS) is 20.7. The first-order valence-electron chi connectivity index (χ1n) is 8.12. The lowest BCUT2D eigenvalue weighted by molar-refractivity contribution is -0.144. The number of methoxy groups -OCH3 is 1. The lowest BCUT2D eigenvalue weighted by atomic mass is 9.77. The van der Waals surface area contributed by atoms with Crippen molar-refractivity contribution < 1.29 is 19.1 Å². The second-order valence-electron chi connectivity index (χ2n) is 6.13. The van der Waals surface area contributed by atoms with Crippen LogP contribution in [0.3, 0.4) is 0 Å². The summed E-state index contributed by atoms with van der Waals surface area (Å²) in [6.07, 6.45) is 2.41. The fourth-order valence-corrected chi connectivity index (χ4v) is 3.92. The highest BCUT2D eigenvalue weighted by atomic mass is 32.1. The van der Waals surface area contributed by atoms with Gasteiger partial charge in [0.1, 0.15) is 11.1 Å². The summed E-state index contributed by atoms with van der Waals surface area (Å²) >= 11 is 1.52. The molecule has 2 aromatic rings. The average molecular weight is 369 g/mol. The second kappa shape index (κ2) is 7.25. The van der Waals surface area contributed by atoms with Crippen LogP contribution in [0.4, 0.5) is 5.69 Å². The summed E-state index contributed by atoms with van der Waals surface area (Å²) in [5.74, 6) is -0.421. The van der Waals surface area contributed by atoms with E-state index in [0.29, 0.717) is 23.6 Å². The van der Waals surface area contributed by atoms with Crippen LogP contribution in [0.15, 0.2) is 57.7 Å². The lowest BCUT2D eigenvalue weighted by Crippen LogP contribution is -2.41. The zero-order chi connectivity index (χ0) is 18.7. The number of aliphatic imine (C=N–C) groups is 1. The quantitative estimate of drug-likeness (QED) is 0.598. The number of carbonyl (C=O) groups is 2. The molecule has 1 aromatic heterocycles. The van der Waals surface area contributed by atoms with Gasteiger partial charge in [-0.1, -0.05) is 17.7 Å². The molecular weight excluding hydrogens is 350 g/mol. The standard InChI is InChI=1S/C20H19NO4S/c1-13-10-18(21-16-6-4-5-7-17(16)25-14(2)22)20(11-13,19(23)24-3)15-8-9-26-12-15/h4-10,12H,11H2,1-3H3. The van der Waals surface area contributed by atoms with Gasteiger partial charge in [0.05, 0.1) is 12.8 Å². The lowest BCUT2D eigenvalue weighted by Gasteiger charge is -2.27. The molecule has 0 amide bonds. The minimum Gasteiger partial charge on any atom is -0.468 e. The number of hydrogen-bond donors (Lipinski definition) is 0. The monoisotopic (exact) mass is 369 g/mol. The van der Waals surface area contributed by atoms with Gasteiger partial charge < -0.3 is 9.47 Å². The molecule has 0 N–H and O–H groups in total. The van der Waals surface area contributed by atoms with E-state index in [9.17, 15) is 9.59 Å². The Balaban J connectivity index is 2.17. The number of esters is 2. The molecule has 5 nitrogen and oxygen atoms in total. The van der Waals surface area contributed by atoms with Crippen LogP contribution in [0.5, 0.6) is 5.75 Å². The number of benzene rings is 1. The van der Waals surface area contributed by atoms with Crippen molar-refractivity contribution >= 4 is 34.7 Å². The number of para-hydroxylation sites is 2. The van der Waals surface area contributed by atoms with Gasteiger partial charge >= 0.3 is 11.9 Å². The molecule has 1 atom stereocenters. The van der Waals surface area contributed by atoms with Crippen molar-refractivity contribution in [1.82, 2.24) is 0 Å². The average Bonchev–Trinajstić information content (AvgIpc) is 3.24. The maximum atomic E-state index is 12.8. The van der Waals surface area contributed by atoms with E-state index in [4.69, 9.17) is 14.5 Å². The van der Waals surface area contributed by atoms with E-state index in [1.807, 2.05) is 35.9 Å². The number of allylic oxidation sites excluding steroid dienone is 2. The van der Waals surface area contributed by atoms with Crippen molar-refractivity contribution in [3.05, 3.63) is 58.3 Å². The van der Waals surface area contributed by atoms with E-state index < -0.39 is 11.4 Å². The molecule has 0 aliphatic heterocycles. The van der Waals surface area contributed by atoms with Crippen molar-refractivity contribution in [2.45, 2.75) is 25.7 Å². The largest absolute Gasteiger partial charge is 0.468 e. The summed E-state index contributed by atoms with van der Waals surface area (Å²) in [6, 6.07) is 8.92. The van der Waals surface area contributed by atoms with Crippen LogP contribution in [0.1, 0.15) is 25.8 Å². The Morgan fingerprint density at radius 3 is 2.65 bits per heavy atom. The van der Waals surface area contributed by atoms with Crippen LogP contribution in [-0.4, -0.2) is 24.8 Å². The number of carbonyl (C=O) groups excluding carboxylic acids is 2. The van der Waals surface area contributed by atoms with Gasteiger partial charge in [0.25, 0.3) is 0 Å². The van der Waals surface area contributed by atoms with Crippen LogP contribution in [0, 0.1) is 0 Å². The predicted octanol–water partition coefficient (Wildman–Crippen LogP) is 4.21. The number of nitrogens with zero attached hydrogens (tertiary/aromatic N) is 1. The first-order valence-corrected chi connectivity index (χ1v) is 9.06. The van der Waals surface area contributed by atoms with Crippen molar-refractivity contribution in [3.8, 4) is 5.75 Å². The molecule has 1 heterocycles. The van der Waals surface area contributed by atoms with Gasteiger partial charge in [0.15, 0.2) is 5.75 Å². The van der Waals surface area contributed by atoms with Gasteiger partial charge in [-0.2, -0.15) is 11.3 Å². The molecule has 134 valence electrons. The zero-order valence-electron chi connectivity index (χ0n) is 14.8. The summed E-state index contributed by atoms with van der Waals surface area (Å²) in [5.41, 5.74) is 1.98. The Morgan fingerprint density at radius 2 is 2.00 bits per heavy atom. The minimum absolute atomic E-state index is 0.354. The molecule has 0 saturated carbocycles. The van der Waals surface area contributed by atoms with E-state index >= 15 is 0 Å². The molecule has 0 saturated heterocycles. The highest BCUT2D eigenvalue weighted by molar-refractivity contribution is 7.08. The molecular formula is C20H19NO4S. The van der Waals surface area contributed by atoms with Crippen molar-refractivity contribution in [2.24, 2.45) is 4.99 Å². The number of rotatable bonds is 4. The van der Waals surface area contributed by atoms with Crippen LogP contribution < -0.4 is 4.74 Å². The van der Waals surface area contributed by atoms with E-state index in [0.717, 1.165) is 11.1 Å². The Morgan fingerprint density at radius 1 is 1.23 bits per heavy atom. The Kier molecular flexibility index (Phi) is 5.04. The second-order valence-corrected chi connectivity index (χ2v) is 6.91. The van der Waals surface area contributed by atoms with Gasteiger partial charge in [-0.3, -0.25) is 9.59 Å². The first kappa shape index (κ1) is 18.1. The molecule has 0 bridgehead atoms. The zero-order valence-corrected chi connectivity index (χ0v) is 15.6. The molecule has 26 heavy (non-hydrogen) atoms. The smallest absolute Gasteiger partial charge is 0.322 e. The van der Waals surface area contributed by atoms with E-state index in [1.165, 1.54) is 25.4 Å². The van der Waals surface area contributed by atoms with Gasteiger partial charge in [0.2, 0.25) is 0 Å². The van der Waals surface area contributed by atoms with Crippen molar-refractivity contribution in [2.75, 3.05) is 7.11 Å². The predicted molar refractivity (Wildman–Crippen MR) is 101 cm³/mol. The van der Waals surface area contributed by atoms with E-state index in [-0.39, 0.29) is 5.97 Å². The molecule has 3 rings (SSSR count). The molecule has 0 fully saturated rings. The summed E-state index contributed by atoms with van der Waals surface area (Å²) < 4.78 is 10.4. The van der Waals surface area contributed by atoms with Gasteiger partial charge in [-0.25, -0.2) is 4.99 Å². The Hall–Kier alpha value is -2.73. The van der Waals surface area contributed by atoms with E-state index in [1.54, 1.807) is 18.2 Å². The van der Waals surface area contributed by atoms with Gasteiger partial charge in [-0.15, -0.1) is 0 Å². The topological polar surface area (TPSA) is 65.0 Å². The summed E-state index contributed by atoms with van der Waals surface area (Å²) in [4.78, 5) is 28.9. The molecule has 6 heteroatoms. The molecule has 1 aliphatic carbocycles. The Bertz CT molecular complexity index is 898. The van der Waals surface area contributed by atoms with Crippen LogP contribution >= 0.6 is 11.3 Å². The number of hydrogen-bond acceptors (Lipinski definition) is 6. The number of thiophene rings is 1. The summed E-state index contributed by atoms with van der Waals surface area (Å²) in [6.45, 7) is 3.30. The first-order chi connectivity index (χ1) is 12.5. The summed E-state index contributed by atoms with van der Waals surface area (Å²) in [5, 5.41) is 3.87. The third-order valence-corrected chi connectivity index (χ3v) is 4.96. The molecule has 1 unspecified atom stereocenters. The third-order valence-electron chi connectivity index (χ3n) is 4.27. The van der Waals surface area contributed by atoms with Crippen LogP contribution in [0.25, 0.3) is 0 Å². The van der Waals surface area contributed by atoms with Crippen molar-refractivity contribution in [1.29, 1.82) is 0 Å². The molecule has 0 spiro atoms. The van der Waals surface area contributed by atoms with Crippen LogP contribution in [0.2, 0.25) is 0 Å². The molecule has 0 radical (unpaired) electrons. The fourth-order valence-electron chi connectivity index (χ4n) is 3.19. The molecule has 1 aliphatic rings. The van der Waals surface area contributed by atoms with Crippen LogP contribution in [-0.2, 0) is 19.7 Å². The number of ether oxygens (including phenoxy) is 2. The SMILES string of the molecule is COC(=O)C1(c2ccsc2)CC(C)=CC1=Nc1ccccc1OC(C)=O. The maximum absolute atomic E-state index is 12.8. The highest BCUT2D eigenvalue weighted by Gasteiger charge is 2.49. The molecule has 1 aromatic carbocycles. The van der Waals surface area contributed by atoms with Gasteiger partial charge in [0, 0.05) is 6.92 Å². The minimum atomic E-state index is -0.984. The van der Waals surface area contributed by atoms with E-state index in [2.05, 4.69) is 0 Å². The highest BCUT2D eigenvalue weighted by Crippen LogP contribution is 2.42. The Labute approximate surface area is 156 Å².